The Morgan fingerprint density at radius 2 is 1.30 bits per heavy atom. The lowest BCUT2D eigenvalue weighted by atomic mass is 9.82. The second-order valence-corrected chi connectivity index (χ2v) is 17.7. The number of rotatable bonds is 12. The first-order valence-corrected chi connectivity index (χ1v) is 23.5. The molecule has 7 aromatic rings. The highest BCUT2D eigenvalue weighted by Crippen LogP contribution is 2.51. The van der Waals surface area contributed by atoms with Crippen LogP contribution in [0, 0.1) is 6.92 Å². The van der Waals surface area contributed by atoms with E-state index in [1.54, 1.807) is 5.57 Å². The van der Waals surface area contributed by atoms with Crippen molar-refractivity contribution in [3.05, 3.63) is 227 Å². The van der Waals surface area contributed by atoms with Gasteiger partial charge >= 0.3 is 0 Å². The molecule has 0 fully saturated rings. The third kappa shape index (κ3) is 8.80. The number of para-hydroxylation sites is 2. The molecule has 2 nitrogen and oxygen atoms in total. The molecule has 2 aliphatic rings. The average molecular weight is 837 g/mol. The van der Waals surface area contributed by atoms with Gasteiger partial charge in [-0.05, 0) is 156 Å². The van der Waals surface area contributed by atoms with Crippen molar-refractivity contribution in [1.82, 2.24) is 0 Å². The number of fused-ring (bicyclic) bond motifs is 3. The number of anilines is 5. The van der Waals surface area contributed by atoms with Gasteiger partial charge in [0, 0.05) is 33.9 Å². The third-order valence-corrected chi connectivity index (χ3v) is 13.3. The highest BCUT2D eigenvalue weighted by Gasteiger charge is 2.35. The minimum absolute atomic E-state index is 0.103. The fourth-order valence-electron chi connectivity index (χ4n) is 9.84. The monoisotopic (exact) mass is 837 g/mol. The van der Waals surface area contributed by atoms with E-state index in [0.717, 1.165) is 23.5 Å². The molecule has 0 heterocycles. The second kappa shape index (κ2) is 19.4. The smallest absolute Gasteiger partial charge is 0.0563 e. The van der Waals surface area contributed by atoms with Gasteiger partial charge in [0.25, 0.3) is 0 Å². The standard InChI is InChI=1S/C60H58N2.C2H6/c1-7-18-47-20-12-13-21-49(47)39-43(3)45-33-35-52(36-34-45)62(54-37-38-56-55-26-14-15-27-57(55)60(5,6)58(56)41-54)53-25-17-22-50(40-53)48-31-29-46(30-32-48)44(4)61(51-23-9-8-10-24-51)59-28-16-11-19-42(59)2;1-2/h8-11,13-17,19,21-41,44H,7,12,18,20H2,1-6H3;1-2H3/b43-39+;. The third-order valence-electron chi connectivity index (χ3n) is 13.3. The van der Waals surface area contributed by atoms with E-state index in [9.17, 15) is 0 Å². The van der Waals surface area contributed by atoms with Crippen LogP contribution in [0.1, 0.15) is 108 Å². The van der Waals surface area contributed by atoms with Crippen molar-refractivity contribution < 1.29 is 0 Å². The van der Waals surface area contributed by atoms with Crippen LogP contribution in [0.5, 0.6) is 0 Å². The summed E-state index contributed by atoms with van der Waals surface area (Å²) in [6.45, 7) is 17.8. The van der Waals surface area contributed by atoms with Crippen LogP contribution in [0.2, 0.25) is 0 Å². The van der Waals surface area contributed by atoms with Crippen molar-refractivity contribution in [2.45, 2.75) is 92.5 Å². The molecule has 322 valence electrons. The van der Waals surface area contributed by atoms with Gasteiger partial charge in [-0.15, -0.1) is 0 Å². The van der Waals surface area contributed by atoms with Crippen LogP contribution in [0.25, 0.3) is 27.8 Å². The highest BCUT2D eigenvalue weighted by molar-refractivity contribution is 5.87. The van der Waals surface area contributed by atoms with Crippen molar-refractivity contribution in [2.24, 2.45) is 0 Å². The first-order valence-electron chi connectivity index (χ1n) is 23.5. The summed E-state index contributed by atoms with van der Waals surface area (Å²) in [5.41, 5.74) is 21.6. The minimum atomic E-state index is -0.103. The molecule has 0 saturated carbocycles. The molecule has 0 saturated heterocycles. The first kappa shape index (κ1) is 44.0. The van der Waals surface area contributed by atoms with Gasteiger partial charge in [-0.3, -0.25) is 0 Å². The number of aryl methyl sites for hydroxylation is 1. The molecule has 1 atom stereocenters. The maximum atomic E-state index is 2.45. The maximum Gasteiger partial charge on any atom is 0.0563 e. The van der Waals surface area contributed by atoms with E-state index in [4.69, 9.17) is 0 Å². The topological polar surface area (TPSA) is 6.48 Å². The summed E-state index contributed by atoms with van der Waals surface area (Å²) in [5, 5.41) is 0. The molecule has 0 amide bonds. The van der Waals surface area contributed by atoms with E-state index >= 15 is 0 Å². The number of allylic oxidation sites excluding steroid dienone is 6. The molecular weight excluding hydrogens is 773 g/mol. The summed E-state index contributed by atoms with van der Waals surface area (Å²) in [4.78, 5) is 4.89. The zero-order valence-electron chi connectivity index (χ0n) is 39.2. The van der Waals surface area contributed by atoms with E-state index < -0.39 is 0 Å². The van der Waals surface area contributed by atoms with Crippen LogP contribution < -0.4 is 9.80 Å². The Hall–Kier alpha value is -6.64. The fraction of sp³-hybridized carbons (Fsp3) is 0.226. The SMILES string of the molecule is CC.CCCC1=C(/C=C(\C)c2ccc(N(c3cccc(-c4ccc(C(C)N(c5ccccc5)c5ccccc5C)cc4)c3)c3ccc4c(c3)C(C)(C)c3ccccc3-4)cc2)C=CCC1. The Labute approximate surface area is 384 Å². The quantitative estimate of drug-likeness (QED) is 0.121. The number of benzene rings is 7. The molecular formula is C62H64N2. The van der Waals surface area contributed by atoms with Crippen LogP contribution in [0.3, 0.4) is 0 Å². The zero-order valence-corrected chi connectivity index (χ0v) is 39.2. The largest absolute Gasteiger partial charge is 0.334 e. The first-order chi connectivity index (χ1) is 31.2. The molecule has 1 unspecified atom stereocenters. The van der Waals surface area contributed by atoms with Gasteiger partial charge in [0.05, 0.1) is 6.04 Å². The van der Waals surface area contributed by atoms with Crippen LogP contribution in [0.4, 0.5) is 28.4 Å². The summed E-state index contributed by atoms with van der Waals surface area (Å²) in [7, 11) is 0. The Kier molecular flexibility index (Phi) is 13.3. The van der Waals surface area contributed by atoms with Crippen molar-refractivity contribution in [3.8, 4) is 22.3 Å². The van der Waals surface area contributed by atoms with Gasteiger partial charge in [0.15, 0.2) is 0 Å². The average Bonchev–Trinajstić information content (AvgIpc) is 3.57. The lowest BCUT2D eigenvalue weighted by Gasteiger charge is -2.33. The van der Waals surface area contributed by atoms with Gasteiger partial charge in [-0.2, -0.15) is 0 Å². The predicted molar refractivity (Wildman–Crippen MR) is 278 cm³/mol. The van der Waals surface area contributed by atoms with E-state index in [-0.39, 0.29) is 11.5 Å². The van der Waals surface area contributed by atoms with E-state index in [1.807, 2.05) is 13.8 Å². The number of hydrogen-bond acceptors (Lipinski definition) is 2. The van der Waals surface area contributed by atoms with Crippen LogP contribution >= 0.6 is 0 Å². The van der Waals surface area contributed by atoms with Crippen molar-refractivity contribution >= 4 is 34.0 Å². The minimum Gasteiger partial charge on any atom is -0.334 e. The van der Waals surface area contributed by atoms with Gasteiger partial charge in [-0.25, -0.2) is 0 Å². The fourth-order valence-corrected chi connectivity index (χ4v) is 9.84. The van der Waals surface area contributed by atoms with Crippen LogP contribution in [-0.4, -0.2) is 0 Å². The van der Waals surface area contributed by atoms with E-state index in [0.29, 0.717) is 0 Å². The van der Waals surface area contributed by atoms with Gasteiger partial charge < -0.3 is 9.80 Å². The summed E-state index contributed by atoms with van der Waals surface area (Å²) in [6, 6.07) is 63.0. The van der Waals surface area contributed by atoms with Crippen molar-refractivity contribution in [2.75, 3.05) is 9.80 Å². The van der Waals surface area contributed by atoms with E-state index in [2.05, 4.69) is 239 Å². The Morgan fingerprint density at radius 3 is 2.05 bits per heavy atom. The normalized spacial score (nSPS) is 14.3. The lowest BCUT2D eigenvalue weighted by Crippen LogP contribution is -2.22. The van der Waals surface area contributed by atoms with Crippen molar-refractivity contribution in [1.29, 1.82) is 0 Å². The van der Waals surface area contributed by atoms with Crippen LogP contribution in [-0.2, 0) is 5.41 Å². The molecule has 0 spiro atoms. The molecule has 64 heavy (non-hydrogen) atoms. The van der Waals surface area contributed by atoms with Gasteiger partial charge in [0.1, 0.15) is 0 Å². The summed E-state index contributed by atoms with van der Waals surface area (Å²) in [5.74, 6) is 0. The summed E-state index contributed by atoms with van der Waals surface area (Å²) in [6.07, 6.45) is 11.7. The Balaban J connectivity index is 0.00000276. The Morgan fingerprint density at radius 1 is 0.641 bits per heavy atom. The molecule has 0 bridgehead atoms. The summed E-state index contributed by atoms with van der Waals surface area (Å²) >= 11 is 0. The zero-order chi connectivity index (χ0) is 44.8. The maximum absolute atomic E-state index is 2.45. The predicted octanol–water partition coefficient (Wildman–Crippen LogP) is 18.2. The molecule has 7 aromatic carbocycles. The lowest BCUT2D eigenvalue weighted by molar-refractivity contribution is 0.660. The second-order valence-electron chi connectivity index (χ2n) is 17.7. The molecule has 2 aliphatic carbocycles. The number of hydrogen-bond donors (Lipinski definition) is 0. The Bertz CT molecular complexity index is 2800. The molecule has 2 heteroatoms. The van der Waals surface area contributed by atoms with Crippen LogP contribution in [0.15, 0.2) is 199 Å². The van der Waals surface area contributed by atoms with Gasteiger partial charge in [-0.1, -0.05) is 180 Å². The number of nitrogens with zero attached hydrogens (tertiary/aromatic N) is 2. The molecule has 0 radical (unpaired) electrons. The molecule has 0 N–H and O–H groups in total. The summed E-state index contributed by atoms with van der Waals surface area (Å²) < 4.78 is 0. The molecule has 0 aromatic heterocycles. The van der Waals surface area contributed by atoms with Gasteiger partial charge in [0.2, 0.25) is 0 Å². The molecule has 9 rings (SSSR count). The molecule has 0 aliphatic heterocycles. The van der Waals surface area contributed by atoms with E-state index in [1.165, 1.54) is 91.9 Å². The van der Waals surface area contributed by atoms with Crippen molar-refractivity contribution in [3.63, 3.8) is 0 Å². The highest BCUT2D eigenvalue weighted by atomic mass is 15.2.